The Bertz CT molecular complexity index is 893. The fourth-order valence-electron chi connectivity index (χ4n) is 3.75. The summed E-state index contributed by atoms with van der Waals surface area (Å²) in [5.74, 6) is 0.830. The summed E-state index contributed by atoms with van der Waals surface area (Å²) in [7, 11) is 0. The molecule has 3 aromatic rings. The number of hydrogen-bond acceptors (Lipinski definition) is 3. The third-order valence-electron chi connectivity index (χ3n) is 5.73. The molecule has 3 aromatic carbocycles. The summed E-state index contributed by atoms with van der Waals surface area (Å²) in [5, 5.41) is 11.9. The molecule has 1 unspecified atom stereocenters. The van der Waals surface area contributed by atoms with Gasteiger partial charge in [-0.15, -0.1) is 12.4 Å². The normalized spacial score (nSPS) is 12.8. The molecule has 0 aromatic heterocycles. The number of halogens is 1. The number of nitrogens with zero attached hydrogens (tertiary/aromatic N) is 1. The first-order valence-electron chi connectivity index (χ1n) is 10.8. The highest BCUT2D eigenvalue weighted by Crippen LogP contribution is 2.34. The van der Waals surface area contributed by atoms with Crippen molar-refractivity contribution in [3.63, 3.8) is 0 Å². The van der Waals surface area contributed by atoms with Gasteiger partial charge in [0, 0.05) is 13.0 Å². The summed E-state index contributed by atoms with van der Waals surface area (Å²) in [6.45, 7) is 10.0. The van der Waals surface area contributed by atoms with Crippen LogP contribution in [0.15, 0.2) is 78.9 Å². The minimum Gasteiger partial charge on any atom is -0.492 e. The molecule has 1 N–H and O–H groups in total. The molecule has 0 radical (unpaired) electrons. The van der Waals surface area contributed by atoms with Gasteiger partial charge in [0.2, 0.25) is 0 Å². The Morgan fingerprint density at radius 2 is 1.35 bits per heavy atom. The summed E-state index contributed by atoms with van der Waals surface area (Å²) in [6.07, 6.45) is 0.513. The summed E-state index contributed by atoms with van der Waals surface area (Å²) < 4.78 is 5.92. The van der Waals surface area contributed by atoms with Crippen LogP contribution in [0.2, 0.25) is 0 Å². The quantitative estimate of drug-likeness (QED) is 0.445. The second-order valence-electron chi connectivity index (χ2n) is 7.79. The molecular weight excluding hydrogens is 406 g/mol. The molecule has 0 heterocycles. The van der Waals surface area contributed by atoms with Crippen molar-refractivity contribution in [2.24, 2.45) is 0 Å². The average molecular weight is 440 g/mol. The van der Waals surface area contributed by atoms with Crippen LogP contribution in [0.5, 0.6) is 5.75 Å². The van der Waals surface area contributed by atoms with E-state index >= 15 is 0 Å². The van der Waals surface area contributed by atoms with E-state index in [0.29, 0.717) is 13.0 Å². The van der Waals surface area contributed by atoms with Gasteiger partial charge in [-0.2, -0.15) is 0 Å². The van der Waals surface area contributed by atoms with Gasteiger partial charge in [-0.1, -0.05) is 86.1 Å². The SMILES string of the molecule is CCN(CC)CCOc1ccc(C(O)(Cc2ccccc2)c2ccc(C)cc2)cc1.Cl. The van der Waals surface area contributed by atoms with E-state index in [1.165, 1.54) is 5.56 Å². The van der Waals surface area contributed by atoms with E-state index < -0.39 is 5.60 Å². The van der Waals surface area contributed by atoms with Crippen LogP contribution in [0.25, 0.3) is 0 Å². The lowest BCUT2D eigenvalue weighted by Gasteiger charge is -2.30. The standard InChI is InChI=1S/C27H33NO2.ClH/c1-4-28(5-2)19-20-30-26-17-15-25(16-18-26)27(29,21-23-9-7-6-8-10-23)24-13-11-22(3)12-14-24;/h6-18,29H,4-5,19-21H2,1-3H3;1H. The fraction of sp³-hybridized carbons (Fsp3) is 0.333. The Morgan fingerprint density at radius 3 is 1.90 bits per heavy atom. The van der Waals surface area contributed by atoms with Crippen molar-refractivity contribution in [2.45, 2.75) is 32.8 Å². The van der Waals surface area contributed by atoms with E-state index in [2.05, 4.69) is 49.9 Å². The smallest absolute Gasteiger partial charge is 0.119 e. The van der Waals surface area contributed by atoms with Gasteiger partial charge in [-0.25, -0.2) is 0 Å². The number of benzene rings is 3. The molecule has 3 rings (SSSR count). The zero-order valence-corrected chi connectivity index (χ0v) is 19.6. The fourth-order valence-corrected chi connectivity index (χ4v) is 3.75. The van der Waals surface area contributed by atoms with Crippen LogP contribution < -0.4 is 4.74 Å². The molecule has 0 spiro atoms. The molecule has 0 aliphatic rings. The number of rotatable bonds is 10. The first-order chi connectivity index (χ1) is 14.5. The molecule has 3 nitrogen and oxygen atoms in total. The van der Waals surface area contributed by atoms with E-state index in [9.17, 15) is 5.11 Å². The zero-order valence-electron chi connectivity index (χ0n) is 18.8. The maximum atomic E-state index is 11.9. The maximum absolute atomic E-state index is 11.9. The highest BCUT2D eigenvalue weighted by Gasteiger charge is 2.32. The van der Waals surface area contributed by atoms with Crippen molar-refractivity contribution in [1.82, 2.24) is 4.90 Å². The molecule has 0 fully saturated rings. The van der Waals surface area contributed by atoms with Crippen LogP contribution in [-0.2, 0) is 12.0 Å². The van der Waals surface area contributed by atoms with Crippen LogP contribution >= 0.6 is 12.4 Å². The first kappa shape index (κ1) is 24.9. The highest BCUT2D eigenvalue weighted by molar-refractivity contribution is 5.85. The molecule has 0 aliphatic carbocycles. The molecule has 0 aliphatic heterocycles. The van der Waals surface area contributed by atoms with Crippen LogP contribution in [-0.4, -0.2) is 36.2 Å². The molecule has 0 bridgehead atoms. The van der Waals surface area contributed by atoms with E-state index in [1.54, 1.807) is 0 Å². The van der Waals surface area contributed by atoms with E-state index in [0.717, 1.165) is 42.1 Å². The Kier molecular flexibility index (Phi) is 9.57. The summed E-state index contributed by atoms with van der Waals surface area (Å²) in [4.78, 5) is 2.34. The molecule has 0 amide bonds. The monoisotopic (exact) mass is 439 g/mol. The number of likely N-dealkylation sites (N-methyl/N-ethyl adjacent to an activating group) is 1. The molecule has 31 heavy (non-hydrogen) atoms. The molecule has 0 saturated carbocycles. The van der Waals surface area contributed by atoms with Gasteiger partial charge >= 0.3 is 0 Å². The average Bonchev–Trinajstić information content (AvgIpc) is 2.78. The van der Waals surface area contributed by atoms with E-state index in [-0.39, 0.29) is 12.4 Å². The zero-order chi connectivity index (χ0) is 21.4. The lowest BCUT2D eigenvalue weighted by Crippen LogP contribution is -2.30. The van der Waals surface area contributed by atoms with Gasteiger partial charge in [-0.3, -0.25) is 0 Å². The van der Waals surface area contributed by atoms with Crippen LogP contribution in [0, 0.1) is 6.92 Å². The Balaban J connectivity index is 0.00000341. The van der Waals surface area contributed by atoms with Crippen molar-refractivity contribution >= 4 is 12.4 Å². The van der Waals surface area contributed by atoms with Crippen LogP contribution in [0.1, 0.15) is 36.1 Å². The van der Waals surface area contributed by atoms with Gasteiger partial charge in [0.15, 0.2) is 0 Å². The maximum Gasteiger partial charge on any atom is 0.119 e. The van der Waals surface area contributed by atoms with Crippen molar-refractivity contribution in [1.29, 1.82) is 0 Å². The van der Waals surface area contributed by atoms with Gasteiger partial charge < -0.3 is 14.7 Å². The summed E-state index contributed by atoms with van der Waals surface area (Å²) in [5.41, 5.74) is 2.94. The Labute approximate surface area is 193 Å². The van der Waals surface area contributed by atoms with Crippen LogP contribution in [0.3, 0.4) is 0 Å². The van der Waals surface area contributed by atoms with Gasteiger partial charge in [0.1, 0.15) is 18.0 Å². The second-order valence-corrected chi connectivity index (χ2v) is 7.79. The predicted octanol–water partition coefficient (Wildman–Crippen LogP) is 5.62. The minimum absolute atomic E-state index is 0. The summed E-state index contributed by atoms with van der Waals surface area (Å²) >= 11 is 0. The topological polar surface area (TPSA) is 32.7 Å². The van der Waals surface area contributed by atoms with Crippen molar-refractivity contribution in [3.05, 3.63) is 101 Å². The van der Waals surface area contributed by atoms with Crippen molar-refractivity contribution in [2.75, 3.05) is 26.2 Å². The Morgan fingerprint density at radius 1 is 0.806 bits per heavy atom. The van der Waals surface area contributed by atoms with Gasteiger partial charge in [0.25, 0.3) is 0 Å². The van der Waals surface area contributed by atoms with E-state index in [4.69, 9.17) is 4.74 Å². The van der Waals surface area contributed by atoms with Crippen LogP contribution in [0.4, 0.5) is 0 Å². The number of hydrogen-bond donors (Lipinski definition) is 1. The lowest BCUT2D eigenvalue weighted by atomic mass is 9.81. The third kappa shape index (κ3) is 6.57. The molecule has 4 heteroatoms. The number of aryl methyl sites for hydroxylation is 1. The lowest BCUT2D eigenvalue weighted by molar-refractivity contribution is 0.0810. The second kappa shape index (κ2) is 11.9. The van der Waals surface area contributed by atoms with Crippen molar-refractivity contribution in [3.8, 4) is 5.75 Å². The largest absolute Gasteiger partial charge is 0.492 e. The highest BCUT2D eigenvalue weighted by atomic mass is 35.5. The van der Waals surface area contributed by atoms with Gasteiger partial charge in [0.05, 0.1) is 0 Å². The predicted molar refractivity (Wildman–Crippen MR) is 131 cm³/mol. The minimum atomic E-state index is -1.10. The van der Waals surface area contributed by atoms with Gasteiger partial charge in [-0.05, 0) is 48.8 Å². The first-order valence-corrected chi connectivity index (χ1v) is 10.8. The number of aliphatic hydroxyl groups is 1. The molecular formula is C27H34ClNO2. The number of ether oxygens (including phenoxy) is 1. The van der Waals surface area contributed by atoms with E-state index in [1.807, 2.05) is 54.6 Å². The molecule has 166 valence electrons. The van der Waals surface area contributed by atoms with Crippen molar-refractivity contribution < 1.29 is 9.84 Å². The summed E-state index contributed by atoms with van der Waals surface area (Å²) in [6, 6.07) is 26.2. The third-order valence-corrected chi connectivity index (χ3v) is 5.73. The Hall–Kier alpha value is -2.33. The molecule has 0 saturated heterocycles. The molecule has 1 atom stereocenters.